The van der Waals surface area contributed by atoms with Gasteiger partial charge in [0.25, 0.3) is 11.8 Å². The molecule has 3 aromatic rings. The summed E-state index contributed by atoms with van der Waals surface area (Å²) in [4.78, 5) is 29.6. The highest BCUT2D eigenvalue weighted by molar-refractivity contribution is 6.30. The maximum Gasteiger partial charge on any atom is 0.471 e. The van der Waals surface area contributed by atoms with E-state index >= 15 is 0 Å². The van der Waals surface area contributed by atoms with Crippen molar-refractivity contribution in [3.63, 3.8) is 0 Å². The summed E-state index contributed by atoms with van der Waals surface area (Å²) in [6.45, 7) is -1.22. The normalized spacial score (nSPS) is 14.0. The molecule has 1 N–H and O–H groups in total. The summed E-state index contributed by atoms with van der Waals surface area (Å²) in [5.74, 6) is -2.12. The number of oxazole rings is 1. The number of ether oxygens (including phenoxy) is 2. The molecule has 37 heavy (non-hydrogen) atoms. The van der Waals surface area contributed by atoms with E-state index in [4.69, 9.17) is 20.8 Å². The van der Waals surface area contributed by atoms with E-state index in [0.29, 0.717) is 11.8 Å². The third-order valence-electron chi connectivity index (χ3n) is 4.69. The third kappa shape index (κ3) is 7.69. The molecular formula is C21H17ClF6N4O5. The van der Waals surface area contributed by atoms with Crippen molar-refractivity contribution in [1.29, 1.82) is 0 Å². The van der Waals surface area contributed by atoms with E-state index in [-0.39, 0.29) is 53.0 Å². The Balaban J connectivity index is 0.000000266. The maximum atomic E-state index is 12.3. The van der Waals surface area contributed by atoms with Gasteiger partial charge in [-0.25, -0.2) is 9.97 Å². The number of carbonyl (C=O) groups excluding carboxylic acids is 2. The zero-order chi connectivity index (χ0) is 27.4. The first-order valence-electron chi connectivity index (χ1n) is 10.2. The number of rotatable bonds is 6. The van der Waals surface area contributed by atoms with E-state index in [1.54, 1.807) is 7.05 Å². The molecular weight excluding hydrogens is 538 g/mol. The van der Waals surface area contributed by atoms with Crippen molar-refractivity contribution < 1.29 is 49.8 Å². The van der Waals surface area contributed by atoms with Gasteiger partial charge in [0, 0.05) is 37.5 Å². The lowest BCUT2D eigenvalue weighted by Gasteiger charge is -2.39. The highest BCUT2D eigenvalue weighted by Crippen LogP contribution is 2.34. The van der Waals surface area contributed by atoms with Gasteiger partial charge in [-0.2, -0.15) is 26.3 Å². The highest BCUT2D eigenvalue weighted by atomic mass is 35.5. The van der Waals surface area contributed by atoms with Crippen LogP contribution in [0.15, 0.2) is 34.9 Å². The van der Waals surface area contributed by atoms with Gasteiger partial charge in [-0.3, -0.25) is 9.59 Å². The second-order valence-electron chi connectivity index (χ2n) is 7.46. The Morgan fingerprint density at radius 1 is 1.24 bits per heavy atom. The average molecular weight is 555 g/mol. The smallest absolute Gasteiger partial charge is 0.471 e. The Kier molecular flexibility index (Phi) is 8.48. The molecule has 1 aliphatic rings. The number of hydrogen-bond donors (Lipinski definition) is 1. The van der Waals surface area contributed by atoms with Crippen LogP contribution in [0.3, 0.4) is 0 Å². The van der Waals surface area contributed by atoms with Gasteiger partial charge in [0.05, 0.1) is 5.02 Å². The third-order valence-corrected chi connectivity index (χ3v) is 4.89. The molecule has 1 amide bonds. The number of likely N-dealkylation sites (N-methyl/N-ethyl adjacent to an activating group) is 1. The second-order valence-corrected chi connectivity index (χ2v) is 7.89. The molecule has 1 saturated heterocycles. The molecule has 0 bridgehead atoms. The predicted octanol–water partition coefficient (Wildman–Crippen LogP) is 4.40. The molecule has 2 aromatic heterocycles. The Bertz CT molecular complexity index is 1260. The summed E-state index contributed by atoms with van der Waals surface area (Å²) in [7, 11) is 1.65. The summed E-state index contributed by atoms with van der Waals surface area (Å²) in [5.41, 5.74) is 0.693. The van der Waals surface area contributed by atoms with Gasteiger partial charge in [-0.15, -0.1) is 0 Å². The van der Waals surface area contributed by atoms with Crippen LogP contribution in [0.4, 0.5) is 26.3 Å². The number of aldehydes is 1. The quantitative estimate of drug-likeness (QED) is 0.353. The molecule has 0 radical (unpaired) electrons. The van der Waals surface area contributed by atoms with E-state index in [1.807, 2.05) is 0 Å². The summed E-state index contributed by atoms with van der Waals surface area (Å²) in [6, 6.07) is 5.60. The summed E-state index contributed by atoms with van der Waals surface area (Å²) in [5, 5.41) is 2.87. The molecule has 0 saturated carbocycles. The van der Waals surface area contributed by atoms with Gasteiger partial charge in [0.2, 0.25) is 6.29 Å². The minimum Gasteiger partial charge on any atom is -0.478 e. The van der Waals surface area contributed by atoms with Crippen LogP contribution in [0.25, 0.3) is 11.1 Å². The fourth-order valence-electron chi connectivity index (χ4n) is 2.90. The SMILES string of the molecule is CNC1CN(C(=O)C(F)(F)F)C1.O=Cc1nc2ccc(Oc3ncc(Cl)cc3OCC(F)(F)F)cc2o1. The summed E-state index contributed by atoms with van der Waals surface area (Å²) < 4.78 is 87.5. The van der Waals surface area contributed by atoms with Crippen molar-refractivity contribution in [2.24, 2.45) is 0 Å². The van der Waals surface area contributed by atoms with Crippen molar-refractivity contribution in [3.05, 3.63) is 41.4 Å². The van der Waals surface area contributed by atoms with Gasteiger partial charge < -0.3 is 24.1 Å². The van der Waals surface area contributed by atoms with E-state index in [2.05, 4.69) is 20.0 Å². The predicted molar refractivity (Wildman–Crippen MR) is 116 cm³/mol. The number of pyridine rings is 1. The molecule has 3 heterocycles. The number of carbonyl (C=O) groups is 2. The number of aromatic nitrogens is 2. The lowest BCUT2D eigenvalue weighted by atomic mass is 10.1. The minimum atomic E-state index is -4.72. The van der Waals surface area contributed by atoms with Crippen LogP contribution in [0.2, 0.25) is 5.02 Å². The second kappa shape index (κ2) is 11.2. The summed E-state index contributed by atoms with van der Waals surface area (Å²) in [6.07, 6.45) is -7.60. The molecule has 200 valence electrons. The van der Waals surface area contributed by atoms with Gasteiger partial charge >= 0.3 is 18.3 Å². The van der Waals surface area contributed by atoms with E-state index in [1.165, 1.54) is 24.4 Å². The van der Waals surface area contributed by atoms with Crippen LogP contribution in [-0.4, -0.2) is 72.2 Å². The molecule has 0 unspecified atom stereocenters. The Morgan fingerprint density at radius 3 is 2.54 bits per heavy atom. The van der Waals surface area contributed by atoms with Gasteiger partial charge in [0.15, 0.2) is 17.9 Å². The zero-order valence-corrected chi connectivity index (χ0v) is 19.4. The number of benzene rings is 1. The van der Waals surface area contributed by atoms with Crippen molar-refractivity contribution in [3.8, 4) is 17.4 Å². The van der Waals surface area contributed by atoms with Crippen LogP contribution in [0, 0.1) is 0 Å². The Morgan fingerprint density at radius 2 is 1.95 bits per heavy atom. The van der Waals surface area contributed by atoms with E-state index < -0.39 is 24.9 Å². The van der Waals surface area contributed by atoms with Crippen molar-refractivity contribution >= 4 is 34.9 Å². The number of hydrogen-bond acceptors (Lipinski definition) is 8. The van der Waals surface area contributed by atoms with Crippen molar-refractivity contribution in [2.75, 3.05) is 26.7 Å². The maximum absolute atomic E-state index is 12.3. The minimum absolute atomic E-state index is 0.0105. The molecule has 0 atom stereocenters. The standard InChI is InChI=1S/C15H8ClF3N2O4.C6H9F3N2O/c16-8-3-12(23-7-15(17,18)19)14(20-5-8)24-9-1-2-10-11(4-9)25-13(6-22)21-10;1-10-4-2-11(3-4)5(12)6(7,8)9/h1-6H,7H2;4,10H,2-3H2,1H3. The molecule has 1 aliphatic heterocycles. The number of likely N-dealkylation sites (tertiary alicyclic amines) is 1. The molecule has 4 rings (SSSR count). The van der Waals surface area contributed by atoms with Crippen molar-refractivity contribution in [2.45, 2.75) is 18.4 Å². The van der Waals surface area contributed by atoms with Crippen molar-refractivity contribution in [1.82, 2.24) is 20.2 Å². The van der Waals surface area contributed by atoms with Crippen LogP contribution >= 0.6 is 11.6 Å². The largest absolute Gasteiger partial charge is 0.478 e. The number of nitrogens with one attached hydrogen (secondary N) is 1. The van der Waals surface area contributed by atoms with E-state index in [0.717, 1.165) is 11.0 Å². The first kappa shape index (κ1) is 28.0. The molecule has 0 aliphatic carbocycles. The average Bonchev–Trinajstić information content (AvgIpc) is 3.20. The summed E-state index contributed by atoms with van der Waals surface area (Å²) >= 11 is 5.73. The van der Waals surface area contributed by atoms with E-state index in [9.17, 15) is 35.9 Å². The fraction of sp³-hybridized carbons (Fsp3) is 0.333. The zero-order valence-electron chi connectivity index (χ0n) is 18.7. The van der Waals surface area contributed by atoms with Crippen LogP contribution in [0.5, 0.6) is 17.4 Å². The Labute approximate surface area is 209 Å². The molecule has 1 fully saturated rings. The number of amides is 1. The van der Waals surface area contributed by atoms with Crippen LogP contribution in [-0.2, 0) is 4.79 Å². The number of halogens is 7. The van der Waals surface area contributed by atoms with Gasteiger partial charge in [0.1, 0.15) is 11.3 Å². The monoisotopic (exact) mass is 554 g/mol. The van der Waals surface area contributed by atoms with Gasteiger partial charge in [-0.05, 0) is 19.2 Å². The van der Waals surface area contributed by atoms with Crippen LogP contribution < -0.4 is 14.8 Å². The number of alkyl halides is 6. The first-order chi connectivity index (χ1) is 17.3. The molecule has 0 spiro atoms. The lowest BCUT2D eigenvalue weighted by Crippen LogP contribution is -2.61. The topological polar surface area (TPSA) is 107 Å². The van der Waals surface area contributed by atoms with Crippen LogP contribution in [0.1, 0.15) is 10.7 Å². The Hall–Kier alpha value is -3.59. The molecule has 9 nitrogen and oxygen atoms in total. The first-order valence-corrected chi connectivity index (χ1v) is 10.6. The number of nitrogens with zero attached hydrogens (tertiary/aromatic N) is 3. The highest BCUT2D eigenvalue weighted by Gasteiger charge is 2.46. The lowest BCUT2D eigenvalue weighted by molar-refractivity contribution is -0.190. The van der Waals surface area contributed by atoms with Gasteiger partial charge in [-0.1, -0.05) is 11.6 Å². The number of fused-ring (bicyclic) bond motifs is 1. The fourth-order valence-corrected chi connectivity index (χ4v) is 3.05. The molecule has 1 aromatic carbocycles. The molecule has 16 heteroatoms.